The number of rotatable bonds is 53. The number of amides is 1. The van der Waals surface area contributed by atoms with Crippen LogP contribution in [0, 0.1) is 0 Å². The van der Waals surface area contributed by atoms with E-state index in [1.807, 2.05) is 6.08 Å². The van der Waals surface area contributed by atoms with E-state index in [1.54, 1.807) is 6.08 Å². The molecule has 0 saturated carbocycles. The first-order valence-electron chi connectivity index (χ1n) is 30.1. The molecule has 1 amide bonds. The average Bonchev–Trinajstić information content (AvgIpc) is 3.37. The van der Waals surface area contributed by atoms with Crippen molar-refractivity contribution in [1.82, 2.24) is 5.32 Å². The summed E-state index contributed by atoms with van der Waals surface area (Å²) < 4.78 is 5.85. The lowest BCUT2D eigenvalue weighted by Gasteiger charge is -2.23. The second-order valence-corrected chi connectivity index (χ2v) is 20.0. The van der Waals surface area contributed by atoms with Crippen molar-refractivity contribution in [1.29, 1.82) is 0 Å². The van der Waals surface area contributed by atoms with Gasteiger partial charge < -0.3 is 20.3 Å². The van der Waals surface area contributed by atoms with Crippen LogP contribution in [0.1, 0.15) is 271 Å². The molecule has 6 heteroatoms. The van der Waals surface area contributed by atoms with Gasteiger partial charge in [-0.15, -0.1) is 0 Å². The van der Waals surface area contributed by atoms with Crippen molar-refractivity contribution >= 4 is 11.9 Å². The zero-order chi connectivity index (χ0) is 52.3. The van der Waals surface area contributed by atoms with Gasteiger partial charge in [0.15, 0.2) is 0 Å². The molecule has 72 heavy (non-hydrogen) atoms. The molecule has 0 spiro atoms. The molecule has 0 bridgehead atoms. The van der Waals surface area contributed by atoms with Crippen molar-refractivity contribution in [3.05, 3.63) is 109 Å². The van der Waals surface area contributed by atoms with Crippen LogP contribution in [-0.2, 0) is 14.3 Å². The second kappa shape index (κ2) is 58.4. The maximum atomic E-state index is 13.3. The summed E-state index contributed by atoms with van der Waals surface area (Å²) in [5.41, 5.74) is 0. The van der Waals surface area contributed by atoms with Crippen molar-refractivity contribution in [3.63, 3.8) is 0 Å². The van der Waals surface area contributed by atoms with Crippen molar-refractivity contribution in [2.24, 2.45) is 0 Å². The minimum absolute atomic E-state index is 0.0580. The molecular formula is C66H113NO5. The molecule has 0 fully saturated rings. The normalized spacial score (nSPS) is 13.9. The van der Waals surface area contributed by atoms with Crippen molar-refractivity contribution < 1.29 is 24.5 Å². The third-order valence-corrected chi connectivity index (χ3v) is 13.1. The van der Waals surface area contributed by atoms with E-state index >= 15 is 0 Å². The molecule has 0 aromatic heterocycles. The summed E-state index contributed by atoms with van der Waals surface area (Å²) in [7, 11) is 0. The summed E-state index contributed by atoms with van der Waals surface area (Å²) in [5.74, 6) is -0.646. The predicted octanol–water partition coefficient (Wildman–Crippen LogP) is 19.0. The number of hydrogen-bond acceptors (Lipinski definition) is 5. The molecule has 0 rings (SSSR count). The van der Waals surface area contributed by atoms with Gasteiger partial charge in [-0.1, -0.05) is 272 Å². The fraction of sp³-hybridized carbons (Fsp3) is 0.697. The number of ether oxygens (including phenoxy) is 1. The summed E-state index contributed by atoms with van der Waals surface area (Å²) in [6.45, 7) is 6.32. The maximum Gasteiger partial charge on any atom is 0.306 e. The Hall–Kier alpha value is -3.48. The Labute approximate surface area is 445 Å². The Balaban J connectivity index is 4.73. The minimum Gasteiger partial charge on any atom is -0.458 e. The number of aliphatic hydroxyl groups excluding tert-OH is 2. The lowest BCUT2D eigenvalue weighted by atomic mass is 10.0. The molecule has 0 aliphatic heterocycles. The van der Waals surface area contributed by atoms with Crippen molar-refractivity contribution in [2.45, 2.75) is 289 Å². The fourth-order valence-corrected chi connectivity index (χ4v) is 8.55. The number of hydrogen-bond donors (Lipinski definition) is 3. The van der Waals surface area contributed by atoms with Gasteiger partial charge in [0, 0.05) is 6.42 Å². The molecule has 412 valence electrons. The second-order valence-electron chi connectivity index (χ2n) is 20.0. The van der Waals surface area contributed by atoms with Crippen molar-refractivity contribution in [2.75, 3.05) is 6.61 Å². The van der Waals surface area contributed by atoms with Gasteiger partial charge in [0.25, 0.3) is 0 Å². The Morgan fingerprint density at radius 1 is 0.431 bits per heavy atom. The largest absolute Gasteiger partial charge is 0.458 e. The summed E-state index contributed by atoms with van der Waals surface area (Å²) in [6.07, 6.45) is 80.4. The number of unbranched alkanes of at least 4 members (excludes halogenated alkanes) is 25. The summed E-state index contributed by atoms with van der Waals surface area (Å²) in [6, 6.07) is -0.754. The SMILES string of the molecule is CC/C=C\C/C=C\C/C=C\C/C=C\C/C=C\C/C=C\C(CC(=O)NC(CO)C(O)CCCCCCCCCCCCCCCCCCC)OC(=O)CCCCCCCC/C=C\C/C=C\C/C=C\CCCCC. The van der Waals surface area contributed by atoms with Crippen LogP contribution >= 0.6 is 0 Å². The minimum atomic E-state index is -0.830. The molecule has 0 aliphatic rings. The molecule has 3 atom stereocenters. The highest BCUT2D eigenvalue weighted by Crippen LogP contribution is 2.17. The summed E-state index contributed by atoms with van der Waals surface area (Å²) >= 11 is 0. The fourth-order valence-electron chi connectivity index (χ4n) is 8.55. The van der Waals surface area contributed by atoms with Crippen LogP contribution < -0.4 is 5.32 Å². The van der Waals surface area contributed by atoms with Crippen LogP contribution in [-0.4, -0.2) is 46.9 Å². The van der Waals surface area contributed by atoms with Crippen LogP contribution in [0.15, 0.2) is 109 Å². The molecule has 3 N–H and O–H groups in total. The van der Waals surface area contributed by atoms with Gasteiger partial charge in [-0.2, -0.15) is 0 Å². The third-order valence-electron chi connectivity index (χ3n) is 13.1. The number of nitrogens with one attached hydrogen (secondary N) is 1. The van der Waals surface area contributed by atoms with E-state index < -0.39 is 18.2 Å². The molecule has 0 radical (unpaired) electrons. The first-order valence-corrected chi connectivity index (χ1v) is 30.1. The zero-order valence-corrected chi connectivity index (χ0v) is 47.0. The lowest BCUT2D eigenvalue weighted by molar-refractivity contribution is -0.148. The average molecular weight is 1000 g/mol. The highest BCUT2D eigenvalue weighted by atomic mass is 16.5. The van der Waals surface area contributed by atoms with Gasteiger partial charge >= 0.3 is 5.97 Å². The Morgan fingerprint density at radius 3 is 1.21 bits per heavy atom. The van der Waals surface area contributed by atoms with Crippen LogP contribution in [0.2, 0.25) is 0 Å². The molecular weight excluding hydrogens is 887 g/mol. The Bertz CT molecular complexity index is 1450. The van der Waals surface area contributed by atoms with Crippen LogP contribution in [0.25, 0.3) is 0 Å². The molecule has 3 unspecified atom stereocenters. The van der Waals surface area contributed by atoms with E-state index in [4.69, 9.17) is 4.74 Å². The van der Waals surface area contributed by atoms with E-state index in [0.29, 0.717) is 19.3 Å². The molecule has 0 heterocycles. The van der Waals surface area contributed by atoms with E-state index in [1.165, 1.54) is 128 Å². The number of carbonyl (C=O) groups is 2. The smallest absolute Gasteiger partial charge is 0.306 e. The third kappa shape index (κ3) is 52.8. The maximum absolute atomic E-state index is 13.3. The zero-order valence-electron chi connectivity index (χ0n) is 47.0. The predicted molar refractivity (Wildman–Crippen MR) is 314 cm³/mol. The van der Waals surface area contributed by atoms with E-state index in [0.717, 1.165) is 96.3 Å². The van der Waals surface area contributed by atoms with Crippen LogP contribution in [0.5, 0.6) is 0 Å². The summed E-state index contributed by atoms with van der Waals surface area (Å²) in [5, 5.41) is 23.9. The van der Waals surface area contributed by atoms with Gasteiger partial charge in [-0.25, -0.2) is 0 Å². The van der Waals surface area contributed by atoms with Crippen molar-refractivity contribution in [3.8, 4) is 0 Å². The van der Waals surface area contributed by atoms with Gasteiger partial charge in [-0.3, -0.25) is 9.59 Å². The number of allylic oxidation sites excluding steroid dienone is 17. The first-order chi connectivity index (χ1) is 35.5. The van der Waals surface area contributed by atoms with Gasteiger partial charge in [0.1, 0.15) is 6.10 Å². The van der Waals surface area contributed by atoms with Gasteiger partial charge in [0.05, 0.1) is 25.2 Å². The first kappa shape index (κ1) is 68.5. The monoisotopic (exact) mass is 1000 g/mol. The number of aliphatic hydroxyl groups is 2. The number of esters is 1. The van der Waals surface area contributed by atoms with Crippen LogP contribution in [0.3, 0.4) is 0 Å². The topological polar surface area (TPSA) is 95.9 Å². The van der Waals surface area contributed by atoms with Gasteiger partial charge in [0.2, 0.25) is 5.91 Å². The van der Waals surface area contributed by atoms with E-state index in [2.05, 4.69) is 123 Å². The standard InChI is InChI=1S/C66H113NO5/c1-4-7-10-13-16-19-22-25-28-31-32-35-38-41-44-47-50-53-56-59-66(71)72-62(57-54-51-48-45-42-39-36-33-29-26-23-20-17-14-11-8-5-2)60-65(70)67-63(61-68)64(69)58-55-52-49-46-43-40-37-34-30-27-24-21-18-15-12-9-6-3/h8,11,16-17,19-20,25-26,28-29,32,35-36,39,45,48,54,57,62-64,68-69H,4-7,9-10,12-15,18,21-24,27,30-31,33-34,37-38,40-44,46-47,49-53,55-56,58-61H2,1-3H3,(H,67,70)/b11-8-,19-16-,20-17-,28-25-,29-26-,35-32-,39-36-,48-45-,57-54-. The van der Waals surface area contributed by atoms with E-state index in [9.17, 15) is 19.8 Å². The highest BCUT2D eigenvalue weighted by molar-refractivity contribution is 5.78. The molecule has 6 nitrogen and oxygen atoms in total. The lowest BCUT2D eigenvalue weighted by Crippen LogP contribution is -2.46. The van der Waals surface area contributed by atoms with Crippen LogP contribution in [0.4, 0.5) is 0 Å². The Kier molecular flexibility index (Phi) is 55.6. The molecule has 0 aromatic rings. The van der Waals surface area contributed by atoms with Gasteiger partial charge in [-0.05, 0) is 96.0 Å². The quantitative estimate of drug-likeness (QED) is 0.0321. The summed E-state index contributed by atoms with van der Waals surface area (Å²) in [4.78, 5) is 26.3. The molecule has 0 saturated heterocycles. The molecule has 0 aliphatic carbocycles. The highest BCUT2D eigenvalue weighted by Gasteiger charge is 2.23. The van der Waals surface area contributed by atoms with E-state index in [-0.39, 0.29) is 24.9 Å². The Morgan fingerprint density at radius 2 is 0.778 bits per heavy atom. The number of carbonyl (C=O) groups excluding carboxylic acids is 2. The molecule has 0 aromatic carbocycles.